The van der Waals surface area contributed by atoms with Crippen molar-refractivity contribution in [1.29, 1.82) is 0 Å². The SMILES string of the molecule is Oc1cc(C(F)(F)F)cc(Br)c1CCN1CCNCC1. The summed E-state index contributed by atoms with van der Waals surface area (Å²) >= 11 is 3.12. The summed E-state index contributed by atoms with van der Waals surface area (Å²) in [6.45, 7) is 4.39. The van der Waals surface area contributed by atoms with E-state index in [9.17, 15) is 18.3 Å². The van der Waals surface area contributed by atoms with Crippen molar-refractivity contribution in [3.05, 3.63) is 27.7 Å². The fourth-order valence-corrected chi connectivity index (χ4v) is 2.89. The molecule has 1 aliphatic rings. The van der Waals surface area contributed by atoms with Crippen LogP contribution in [0.1, 0.15) is 11.1 Å². The Morgan fingerprint density at radius 2 is 1.90 bits per heavy atom. The van der Waals surface area contributed by atoms with E-state index in [1.165, 1.54) is 0 Å². The minimum atomic E-state index is -4.45. The molecule has 0 bridgehead atoms. The molecule has 0 spiro atoms. The highest BCUT2D eigenvalue weighted by Gasteiger charge is 2.32. The Bertz CT molecular complexity index is 450. The van der Waals surface area contributed by atoms with Gasteiger partial charge in [-0.3, -0.25) is 0 Å². The van der Waals surface area contributed by atoms with Crippen LogP contribution in [0.15, 0.2) is 16.6 Å². The molecule has 1 fully saturated rings. The van der Waals surface area contributed by atoms with E-state index in [1.807, 2.05) is 0 Å². The van der Waals surface area contributed by atoms with Gasteiger partial charge in [-0.15, -0.1) is 0 Å². The van der Waals surface area contributed by atoms with Crippen molar-refractivity contribution in [2.45, 2.75) is 12.6 Å². The Morgan fingerprint density at radius 3 is 2.45 bits per heavy atom. The fourth-order valence-electron chi connectivity index (χ4n) is 2.24. The molecular formula is C13H16BrF3N2O. The van der Waals surface area contributed by atoms with Gasteiger partial charge in [-0.25, -0.2) is 0 Å². The van der Waals surface area contributed by atoms with Gasteiger partial charge in [-0.2, -0.15) is 13.2 Å². The van der Waals surface area contributed by atoms with Crippen LogP contribution in [0.3, 0.4) is 0 Å². The summed E-state index contributed by atoms with van der Waals surface area (Å²) in [6, 6.07) is 1.81. The standard InChI is InChI=1S/C13H16BrF3N2O/c14-11-7-9(13(15,16)17)8-12(20)10(11)1-4-19-5-2-18-3-6-19/h7-8,18,20H,1-6H2. The normalized spacial score (nSPS) is 17.4. The third-order valence-electron chi connectivity index (χ3n) is 3.39. The lowest BCUT2D eigenvalue weighted by atomic mass is 10.1. The molecule has 0 atom stereocenters. The van der Waals surface area contributed by atoms with Gasteiger partial charge in [0.25, 0.3) is 0 Å². The molecule has 1 saturated heterocycles. The minimum absolute atomic E-state index is 0.304. The highest BCUT2D eigenvalue weighted by molar-refractivity contribution is 9.10. The molecule has 112 valence electrons. The Kier molecular flexibility index (Phi) is 4.93. The first-order valence-corrected chi connectivity index (χ1v) is 7.19. The molecule has 0 saturated carbocycles. The first-order chi connectivity index (χ1) is 9.38. The number of alkyl halides is 3. The largest absolute Gasteiger partial charge is 0.508 e. The molecule has 20 heavy (non-hydrogen) atoms. The number of halogens is 4. The number of benzene rings is 1. The quantitative estimate of drug-likeness (QED) is 0.877. The van der Waals surface area contributed by atoms with Crippen molar-refractivity contribution in [2.24, 2.45) is 0 Å². The van der Waals surface area contributed by atoms with E-state index in [0.29, 0.717) is 16.5 Å². The van der Waals surface area contributed by atoms with Crippen molar-refractivity contribution in [2.75, 3.05) is 32.7 Å². The molecular weight excluding hydrogens is 337 g/mol. The maximum Gasteiger partial charge on any atom is 0.416 e. The Hall–Kier alpha value is -0.790. The minimum Gasteiger partial charge on any atom is -0.508 e. The maximum atomic E-state index is 12.6. The van der Waals surface area contributed by atoms with E-state index in [1.54, 1.807) is 0 Å². The monoisotopic (exact) mass is 352 g/mol. The van der Waals surface area contributed by atoms with E-state index in [-0.39, 0.29) is 5.75 Å². The summed E-state index contributed by atoms with van der Waals surface area (Å²) in [5.74, 6) is -0.304. The number of piperazine rings is 1. The summed E-state index contributed by atoms with van der Waals surface area (Å²) in [7, 11) is 0. The van der Waals surface area contributed by atoms with E-state index in [0.717, 1.165) is 44.9 Å². The van der Waals surface area contributed by atoms with Crippen LogP contribution in [0.4, 0.5) is 13.2 Å². The van der Waals surface area contributed by atoms with Crippen LogP contribution < -0.4 is 5.32 Å². The highest BCUT2D eigenvalue weighted by atomic mass is 79.9. The van der Waals surface area contributed by atoms with Gasteiger partial charge in [0.2, 0.25) is 0 Å². The van der Waals surface area contributed by atoms with Gasteiger partial charge in [0, 0.05) is 42.8 Å². The Morgan fingerprint density at radius 1 is 1.25 bits per heavy atom. The van der Waals surface area contributed by atoms with E-state index in [2.05, 4.69) is 26.1 Å². The molecule has 7 heteroatoms. The third kappa shape index (κ3) is 3.86. The average Bonchev–Trinajstić information content (AvgIpc) is 2.37. The first kappa shape index (κ1) is 15.6. The lowest BCUT2D eigenvalue weighted by molar-refractivity contribution is -0.137. The van der Waals surface area contributed by atoms with Gasteiger partial charge < -0.3 is 15.3 Å². The molecule has 0 radical (unpaired) electrons. The third-order valence-corrected chi connectivity index (χ3v) is 4.09. The van der Waals surface area contributed by atoms with Crippen molar-refractivity contribution in [3.63, 3.8) is 0 Å². The number of hydrogen-bond donors (Lipinski definition) is 2. The van der Waals surface area contributed by atoms with Crippen LogP contribution in [0, 0.1) is 0 Å². The summed E-state index contributed by atoms with van der Waals surface area (Å²) < 4.78 is 38.1. The number of rotatable bonds is 3. The van der Waals surface area contributed by atoms with Gasteiger partial charge in [-0.1, -0.05) is 15.9 Å². The van der Waals surface area contributed by atoms with Gasteiger partial charge >= 0.3 is 6.18 Å². The zero-order valence-corrected chi connectivity index (χ0v) is 12.4. The Labute approximate surface area is 123 Å². The van der Waals surface area contributed by atoms with E-state index < -0.39 is 11.7 Å². The van der Waals surface area contributed by atoms with Crippen LogP contribution in [0.2, 0.25) is 0 Å². The lowest BCUT2D eigenvalue weighted by Gasteiger charge is -2.27. The zero-order chi connectivity index (χ0) is 14.8. The first-order valence-electron chi connectivity index (χ1n) is 6.39. The van der Waals surface area contributed by atoms with Crippen LogP contribution in [-0.4, -0.2) is 42.7 Å². The predicted octanol–water partition coefficient (Wildman–Crippen LogP) is 2.62. The van der Waals surface area contributed by atoms with Gasteiger partial charge in [0.05, 0.1) is 5.56 Å². The molecule has 2 rings (SSSR count). The lowest BCUT2D eigenvalue weighted by Crippen LogP contribution is -2.44. The fraction of sp³-hybridized carbons (Fsp3) is 0.538. The molecule has 3 nitrogen and oxygen atoms in total. The number of nitrogens with one attached hydrogen (secondary N) is 1. The molecule has 1 aromatic rings. The summed E-state index contributed by atoms with van der Waals surface area (Å²) in [5.41, 5.74) is -0.315. The Balaban J connectivity index is 2.08. The molecule has 0 amide bonds. The van der Waals surface area contributed by atoms with Crippen LogP contribution >= 0.6 is 15.9 Å². The van der Waals surface area contributed by atoms with Crippen molar-refractivity contribution >= 4 is 15.9 Å². The summed E-state index contributed by atoms with van der Waals surface area (Å²) in [6.07, 6.45) is -3.93. The topological polar surface area (TPSA) is 35.5 Å². The number of nitrogens with zero attached hydrogens (tertiary/aromatic N) is 1. The second-order valence-electron chi connectivity index (χ2n) is 4.80. The van der Waals surface area contributed by atoms with E-state index >= 15 is 0 Å². The summed E-state index contributed by atoms with van der Waals surface area (Å²) in [4.78, 5) is 2.22. The average molecular weight is 353 g/mol. The van der Waals surface area contributed by atoms with Gasteiger partial charge in [-0.05, 0) is 18.6 Å². The predicted molar refractivity (Wildman–Crippen MR) is 73.8 cm³/mol. The van der Waals surface area contributed by atoms with Crippen molar-refractivity contribution in [3.8, 4) is 5.75 Å². The van der Waals surface area contributed by atoms with Crippen molar-refractivity contribution < 1.29 is 18.3 Å². The maximum absolute atomic E-state index is 12.6. The van der Waals surface area contributed by atoms with Crippen molar-refractivity contribution in [1.82, 2.24) is 10.2 Å². The molecule has 1 heterocycles. The number of hydrogen-bond acceptors (Lipinski definition) is 3. The number of phenols is 1. The number of phenolic OH excluding ortho intramolecular Hbond substituents is 1. The zero-order valence-electron chi connectivity index (χ0n) is 10.8. The van der Waals surface area contributed by atoms with Crippen LogP contribution in [-0.2, 0) is 12.6 Å². The second kappa shape index (κ2) is 6.32. The van der Waals surface area contributed by atoms with Crippen LogP contribution in [0.5, 0.6) is 5.75 Å². The van der Waals surface area contributed by atoms with Crippen LogP contribution in [0.25, 0.3) is 0 Å². The summed E-state index contributed by atoms with van der Waals surface area (Å²) in [5, 5.41) is 13.0. The van der Waals surface area contributed by atoms with Gasteiger partial charge in [0.1, 0.15) is 5.75 Å². The smallest absolute Gasteiger partial charge is 0.416 e. The molecule has 0 aromatic heterocycles. The molecule has 1 aromatic carbocycles. The van der Waals surface area contributed by atoms with E-state index in [4.69, 9.17) is 0 Å². The van der Waals surface area contributed by atoms with Gasteiger partial charge in [0.15, 0.2) is 0 Å². The molecule has 0 unspecified atom stereocenters. The molecule has 1 aliphatic heterocycles. The second-order valence-corrected chi connectivity index (χ2v) is 5.65. The molecule has 0 aliphatic carbocycles. The number of aromatic hydroxyl groups is 1. The highest BCUT2D eigenvalue weighted by Crippen LogP contribution is 2.36. The molecule has 2 N–H and O–H groups in total.